The van der Waals surface area contributed by atoms with E-state index >= 15 is 0 Å². The highest BCUT2D eigenvalue weighted by molar-refractivity contribution is 6.43. The van der Waals surface area contributed by atoms with Crippen molar-refractivity contribution in [3.8, 4) is 5.75 Å². The van der Waals surface area contributed by atoms with Gasteiger partial charge in [-0.1, -0.05) is 12.1 Å². The Bertz CT molecular complexity index is 1200. The molecule has 1 N–H and O–H groups in total. The SMILES string of the molecule is COC(=O)C(=O)c1c[nH]c2cc(OC)c(C(=O)N3CCC(Cc4ccc(F)cc4)CC3)cc12.[HH]. The summed E-state index contributed by atoms with van der Waals surface area (Å²) in [5, 5.41) is 0.459. The molecular weight excluding hydrogens is 427 g/mol. The fourth-order valence-electron chi connectivity index (χ4n) is 4.34. The van der Waals surface area contributed by atoms with E-state index in [1.807, 2.05) is 0 Å². The van der Waals surface area contributed by atoms with Crippen LogP contribution in [0.2, 0.25) is 0 Å². The first-order valence-corrected chi connectivity index (χ1v) is 10.8. The first-order chi connectivity index (χ1) is 15.9. The molecule has 1 saturated heterocycles. The number of halogens is 1. The van der Waals surface area contributed by atoms with Crippen LogP contribution >= 0.6 is 0 Å². The van der Waals surface area contributed by atoms with Gasteiger partial charge in [-0.05, 0) is 48.9 Å². The van der Waals surface area contributed by atoms with Crippen molar-refractivity contribution in [3.63, 3.8) is 0 Å². The minimum absolute atomic E-state index is 0. The summed E-state index contributed by atoms with van der Waals surface area (Å²) in [6.45, 7) is 1.18. The number of carbonyl (C=O) groups is 3. The Balaban J connectivity index is 0.00000324. The Kier molecular flexibility index (Phi) is 6.44. The number of hydrogen-bond acceptors (Lipinski definition) is 5. The van der Waals surface area contributed by atoms with Gasteiger partial charge in [0.2, 0.25) is 0 Å². The second-order valence-corrected chi connectivity index (χ2v) is 8.19. The van der Waals surface area contributed by atoms with Crippen molar-refractivity contribution in [2.45, 2.75) is 19.3 Å². The Hall–Kier alpha value is -3.68. The number of piperidine rings is 1. The van der Waals surface area contributed by atoms with E-state index in [1.165, 1.54) is 25.4 Å². The van der Waals surface area contributed by atoms with E-state index < -0.39 is 11.8 Å². The molecule has 0 bridgehead atoms. The van der Waals surface area contributed by atoms with E-state index in [9.17, 15) is 18.8 Å². The molecule has 2 heterocycles. The Morgan fingerprint density at radius 2 is 1.79 bits per heavy atom. The Labute approximate surface area is 192 Å². The van der Waals surface area contributed by atoms with Crippen LogP contribution in [0.3, 0.4) is 0 Å². The number of ketones is 1. The number of esters is 1. The van der Waals surface area contributed by atoms with Gasteiger partial charge in [0.05, 0.1) is 25.3 Å². The maximum absolute atomic E-state index is 13.3. The van der Waals surface area contributed by atoms with Crippen LogP contribution in [0.25, 0.3) is 10.9 Å². The van der Waals surface area contributed by atoms with Crippen molar-refractivity contribution in [1.82, 2.24) is 9.88 Å². The molecule has 7 nitrogen and oxygen atoms in total. The third kappa shape index (κ3) is 4.60. The number of nitrogens with one attached hydrogen (secondary N) is 1. The highest BCUT2D eigenvalue weighted by Gasteiger charge is 2.28. The number of hydrogen-bond donors (Lipinski definition) is 1. The molecule has 174 valence electrons. The second kappa shape index (κ2) is 9.44. The number of methoxy groups -OCH3 is 2. The summed E-state index contributed by atoms with van der Waals surface area (Å²) < 4.78 is 23.1. The van der Waals surface area contributed by atoms with Crippen LogP contribution < -0.4 is 4.74 Å². The maximum atomic E-state index is 13.3. The molecule has 0 unspecified atom stereocenters. The average Bonchev–Trinajstić information content (AvgIpc) is 3.26. The first kappa shape index (κ1) is 22.5. The van der Waals surface area contributed by atoms with Crippen molar-refractivity contribution >= 4 is 28.6 Å². The van der Waals surface area contributed by atoms with E-state index in [0.717, 1.165) is 31.9 Å². The summed E-state index contributed by atoms with van der Waals surface area (Å²) in [4.78, 5) is 42.1. The zero-order chi connectivity index (χ0) is 23.5. The molecular formula is C25H27FN2O5. The molecule has 1 aromatic heterocycles. The largest absolute Gasteiger partial charge is 0.496 e. The van der Waals surface area contributed by atoms with E-state index in [-0.39, 0.29) is 18.7 Å². The summed E-state index contributed by atoms with van der Waals surface area (Å²) in [5.41, 5.74) is 2.14. The van der Waals surface area contributed by atoms with Crippen LogP contribution in [0, 0.1) is 11.7 Å². The van der Waals surface area contributed by atoms with Gasteiger partial charge < -0.3 is 19.4 Å². The number of H-pyrrole nitrogens is 1. The lowest BCUT2D eigenvalue weighted by Crippen LogP contribution is -2.39. The fourth-order valence-corrected chi connectivity index (χ4v) is 4.34. The normalized spacial score (nSPS) is 14.3. The van der Waals surface area contributed by atoms with Crippen molar-refractivity contribution < 1.29 is 29.7 Å². The maximum Gasteiger partial charge on any atom is 0.379 e. The number of aromatic amines is 1. The summed E-state index contributed by atoms with van der Waals surface area (Å²) in [5.74, 6) is -1.38. The summed E-state index contributed by atoms with van der Waals surface area (Å²) in [6.07, 6.45) is 3.95. The van der Waals surface area contributed by atoms with Gasteiger partial charge in [0, 0.05) is 37.7 Å². The Morgan fingerprint density at radius 1 is 1.09 bits per heavy atom. The molecule has 2 aromatic carbocycles. The number of rotatable bonds is 6. The highest BCUT2D eigenvalue weighted by Crippen LogP contribution is 2.31. The van der Waals surface area contributed by atoms with Gasteiger partial charge in [-0.25, -0.2) is 9.18 Å². The van der Waals surface area contributed by atoms with Crippen molar-refractivity contribution in [3.05, 3.63) is 65.1 Å². The van der Waals surface area contributed by atoms with Crippen LogP contribution in [0.5, 0.6) is 5.75 Å². The van der Waals surface area contributed by atoms with Gasteiger partial charge >= 0.3 is 5.97 Å². The lowest BCUT2D eigenvalue weighted by molar-refractivity contribution is -0.135. The van der Waals surface area contributed by atoms with Crippen LogP contribution in [0.4, 0.5) is 4.39 Å². The molecule has 0 aliphatic carbocycles. The van der Waals surface area contributed by atoms with Crippen LogP contribution in [-0.4, -0.2) is 54.9 Å². The molecule has 3 aromatic rings. The molecule has 8 heteroatoms. The quantitative estimate of drug-likeness (QED) is 0.345. The number of aromatic nitrogens is 1. The molecule has 0 spiro atoms. The summed E-state index contributed by atoms with van der Waals surface area (Å²) >= 11 is 0. The van der Waals surface area contributed by atoms with Crippen LogP contribution in [0.15, 0.2) is 42.6 Å². The first-order valence-electron chi connectivity index (χ1n) is 10.8. The zero-order valence-electron chi connectivity index (χ0n) is 18.5. The van der Waals surface area contributed by atoms with Gasteiger partial charge in [0.15, 0.2) is 0 Å². The van der Waals surface area contributed by atoms with Gasteiger partial charge in [0.1, 0.15) is 11.6 Å². The minimum atomic E-state index is -0.970. The van der Waals surface area contributed by atoms with E-state index in [4.69, 9.17) is 4.74 Å². The smallest absolute Gasteiger partial charge is 0.379 e. The topological polar surface area (TPSA) is 88.7 Å². The molecule has 1 aliphatic heterocycles. The van der Waals surface area contributed by atoms with Crippen molar-refractivity contribution in [2.24, 2.45) is 5.92 Å². The number of carbonyl (C=O) groups excluding carboxylic acids is 3. The summed E-state index contributed by atoms with van der Waals surface area (Å²) in [7, 11) is 2.63. The lowest BCUT2D eigenvalue weighted by atomic mass is 9.90. The average molecular weight is 454 g/mol. The molecule has 33 heavy (non-hydrogen) atoms. The second-order valence-electron chi connectivity index (χ2n) is 8.19. The number of ether oxygens (including phenoxy) is 2. The van der Waals surface area contributed by atoms with Crippen LogP contribution in [0.1, 0.15) is 40.5 Å². The standard InChI is InChI=1S/C25H25FN2O5.H2/c1-32-22-13-21-18(20(14-27-21)23(29)25(31)33-2)12-19(22)24(30)28-9-7-16(8-10-28)11-15-3-5-17(26)6-4-15;/h3-6,12-14,16,27H,7-11H2,1-2H3;1H. The molecule has 0 saturated carbocycles. The van der Waals surface area contributed by atoms with Crippen LogP contribution in [-0.2, 0) is 16.0 Å². The van der Waals surface area contributed by atoms with Gasteiger partial charge in [-0.15, -0.1) is 0 Å². The summed E-state index contributed by atoms with van der Waals surface area (Å²) in [6, 6.07) is 9.78. The fraction of sp³-hybridized carbons (Fsp3) is 0.320. The van der Waals surface area contributed by atoms with E-state index in [1.54, 1.807) is 29.2 Å². The van der Waals surface area contributed by atoms with Gasteiger partial charge in [-0.3, -0.25) is 9.59 Å². The number of nitrogens with zero attached hydrogens (tertiary/aromatic N) is 1. The van der Waals surface area contributed by atoms with Gasteiger partial charge in [-0.2, -0.15) is 0 Å². The molecule has 1 amide bonds. The number of benzene rings is 2. The molecule has 1 fully saturated rings. The Morgan fingerprint density at radius 3 is 2.42 bits per heavy atom. The number of Topliss-reactive ketones (excluding diaryl/α,β-unsaturated/α-hetero) is 1. The predicted octanol–water partition coefficient (Wildman–Crippen LogP) is 4.01. The number of likely N-dealkylation sites (tertiary alicyclic amines) is 1. The van der Waals surface area contributed by atoms with Crippen molar-refractivity contribution in [1.29, 1.82) is 0 Å². The monoisotopic (exact) mass is 454 g/mol. The highest BCUT2D eigenvalue weighted by atomic mass is 19.1. The molecule has 0 atom stereocenters. The number of amides is 1. The van der Waals surface area contributed by atoms with Gasteiger partial charge in [0.25, 0.3) is 11.7 Å². The predicted molar refractivity (Wildman–Crippen MR) is 122 cm³/mol. The third-order valence-corrected chi connectivity index (χ3v) is 6.19. The zero-order valence-corrected chi connectivity index (χ0v) is 18.5. The molecule has 4 rings (SSSR count). The molecule has 0 radical (unpaired) electrons. The minimum Gasteiger partial charge on any atom is -0.496 e. The van der Waals surface area contributed by atoms with Crippen molar-refractivity contribution in [2.75, 3.05) is 27.3 Å². The van der Waals surface area contributed by atoms with E-state index in [0.29, 0.717) is 41.2 Å². The molecule has 1 aliphatic rings. The lowest BCUT2D eigenvalue weighted by Gasteiger charge is -2.32. The third-order valence-electron chi connectivity index (χ3n) is 6.19. The number of fused-ring (bicyclic) bond motifs is 1. The van der Waals surface area contributed by atoms with E-state index in [2.05, 4.69) is 9.72 Å².